The summed E-state index contributed by atoms with van der Waals surface area (Å²) in [6.07, 6.45) is 1.06. The summed E-state index contributed by atoms with van der Waals surface area (Å²) >= 11 is 0. The summed E-state index contributed by atoms with van der Waals surface area (Å²) in [5.74, 6) is -0.642. The third-order valence-corrected chi connectivity index (χ3v) is 2.35. The number of esters is 1. The summed E-state index contributed by atoms with van der Waals surface area (Å²) in [6.45, 7) is 0. The maximum atomic E-state index is 11.6. The molecule has 0 aliphatic carbocycles. The Hall–Kier alpha value is -2.84. The van der Waals surface area contributed by atoms with Crippen LogP contribution in [0.1, 0.15) is 5.69 Å². The largest absolute Gasteiger partial charge is 0.469 e. The molecule has 9 heteroatoms. The van der Waals surface area contributed by atoms with Crippen LogP contribution in [0.25, 0.3) is 5.65 Å². The number of methoxy groups -OCH3 is 1. The van der Waals surface area contributed by atoms with E-state index in [4.69, 9.17) is 0 Å². The summed E-state index contributed by atoms with van der Waals surface area (Å²) in [5, 5.41) is 14.6. The quantitative estimate of drug-likeness (QED) is 0.424. The SMILES string of the molecule is COC(=O)Cc1nn2cccc([N+](=O)[O-])c2nc1=O. The minimum Gasteiger partial charge on any atom is -0.469 e. The van der Waals surface area contributed by atoms with Crippen molar-refractivity contribution in [3.8, 4) is 0 Å². The molecule has 2 aromatic heterocycles. The van der Waals surface area contributed by atoms with Gasteiger partial charge in [0.05, 0.1) is 18.5 Å². The van der Waals surface area contributed by atoms with Gasteiger partial charge in [-0.1, -0.05) is 0 Å². The van der Waals surface area contributed by atoms with E-state index in [2.05, 4.69) is 14.8 Å². The number of nitro groups is 1. The van der Waals surface area contributed by atoms with Crippen LogP contribution in [0.15, 0.2) is 23.1 Å². The molecule has 0 N–H and O–H groups in total. The number of aromatic nitrogens is 3. The van der Waals surface area contributed by atoms with Gasteiger partial charge in [0.1, 0.15) is 5.69 Å². The number of ether oxygens (including phenoxy) is 1. The number of hydrogen-bond acceptors (Lipinski definition) is 7. The molecule has 0 bridgehead atoms. The predicted octanol–water partition coefficient (Wildman–Crippen LogP) is -0.287. The number of rotatable bonds is 3. The standard InChI is InChI=1S/C10H8N4O5/c1-19-8(15)5-6-10(16)11-9-7(14(17)18)3-2-4-13(9)12-6/h2-4H,5H2,1H3. The van der Waals surface area contributed by atoms with Gasteiger partial charge < -0.3 is 4.74 Å². The van der Waals surface area contributed by atoms with Crippen molar-refractivity contribution in [1.82, 2.24) is 14.6 Å². The van der Waals surface area contributed by atoms with Gasteiger partial charge >= 0.3 is 11.7 Å². The third-order valence-electron chi connectivity index (χ3n) is 2.35. The molecule has 0 amide bonds. The zero-order valence-corrected chi connectivity index (χ0v) is 9.77. The van der Waals surface area contributed by atoms with E-state index in [-0.39, 0.29) is 23.4 Å². The zero-order chi connectivity index (χ0) is 14.0. The van der Waals surface area contributed by atoms with E-state index in [1.165, 1.54) is 25.4 Å². The number of pyridine rings is 1. The van der Waals surface area contributed by atoms with Crippen LogP contribution in [-0.4, -0.2) is 32.6 Å². The van der Waals surface area contributed by atoms with Crippen molar-refractivity contribution in [2.45, 2.75) is 6.42 Å². The van der Waals surface area contributed by atoms with Crippen LogP contribution in [0, 0.1) is 10.1 Å². The molecule has 0 saturated heterocycles. The van der Waals surface area contributed by atoms with E-state index < -0.39 is 16.5 Å². The van der Waals surface area contributed by atoms with Crippen LogP contribution < -0.4 is 5.56 Å². The zero-order valence-electron chi connectivity index (χ0n) is 9.77. The Kier molecular flexibility index (Phi) is 3.19. The highest BCUT2D eigenvalue weighted by molar-refractivity contribution is 5.71. The van der Waals surface area contributed by atoms with Crippen molar-refractivity contribution in [3.63, 3.8) is 0 Å². The summed E-state index contributed by atoms with van der Waals surface area (Å²) in [6, 6.07) is 2.61. The number of nitrogens with zero attached hydrogens (tertiary/aromatic N) is 4. The van der Waals surface area contributed by atoms with Gasteiger partial charge in [-0.2, -0.15) is 10.1 Å². The van der Waals surface area contributed by atoms with Crippen LogP contribution in [0.3, 0.4) is 0 Å². The van der Waals surface area contributed by atoms with Crippen LogP contribution >= 0.6 is 0 Å². The molecule has 0 saturated carbocycles. The number of hydrogen-bond donors (Lipinski definition) is 0. The Labute approximate surface area is 105 Å². The fourth-order valence-electron chi connectivity index (χ4n) is 1.46. The first kappa shape index (κ1) is 12.6. The lowest BCUT2D eigenvalue weighted by atomic mass is 10.3. The smallest absolute Gasteiger partial charge is 0.313 e. The van der Waals surface area contributed by atoms with Crippen molar-refractivity contribution in [3.05, 3.63) is 44.5 Å². The molecular formula is C10H8N4O5. The second kappa shape index (κ2) is 4.80. The molecule has 0 aliphatic heterocycles. The van der Waals surface area contributed by atoms with Crippen LogP contribution in [0.5, 0.6) is 0 Å². The van der Waals surface area contributed by atoms with E-state index in [9.17, 15) is 19.7 Å². The molecule has 2 rings (SSSR count). The van der Waals surface area contributed by atoms with Crippen molar-refractivity contribution < 1.29 is 14.5 Å². The van der Waals surface area contributed by atoms with Gasteiger partial charge in [-0.05, 0) is 6.07 Å². The maximum absolute atomic E-state index is 11.6. The number of fused-ring (bicyclic) bond motifs is 1. The van der Waals surface area contributed by atoms with Gasteiger partial charge in [-0.15, -0.1) is 0 Å². The Morgan fingerprint density at radius 2 is 2.32 bits per heavy atom. The van der Waals surface area contributed by atoms with Crippen molar-refractivity contribution in [1.29, 1.82) is 0 Å². The Morgan fingerprint density at radius 3 is 2.95 bits per heavy atom. The van der Waals surface area contributed by atoms with Crippen molar-refractivity contribution >= 4 is 17.3 Å². The molecule has 0 atom stereocenters. The summed E-state index contributed by atoms with van der Waals surface area (Å²) in [7, 11) is 1.18. The second-order valence-corrected chi connectivity index (χ2v) is 3.54. The van der Waals surface area contributed by atoms with E-state index in [1.807, 2.05) is 0 Å². The molecule has 0 radical (unpaired) electrons. The Bertz CT molecular complexity index is 723. The highest BCUT2D eigenvalue weighted by atomic mass is 16.6. The van der Waals surface area contributed by atoms with Gasteiger partial charge in [0.15, 0.2) is 0 Å². The fraction of sp³-hybridized carbons (Fsp3) is 0.200. The summed E-state index contributed by atoms with van der Waals surface area (Å²) in [5.41, 5.74) is -1.44. The molecule has 19 heavy (non-hydrogen) atoms. The van der Waals surface area contributed by atoms with E-state index in [1.54, 1.807) is 0 Å². The number of carbonyl (C=O) groups is 1. The average molecular weight is 264 g/mol. The second-order valence-electron chi connectivity index (χ2n) is 3.54. The lowest BCUT2D eigenvalue weighted by molar-refractivity contribution is -0.383. The van der Waals surface area contributed by atoms with E-state index in [0.29, 0.717) is 0 Å². The van der Waals surface area contributed by atoms with Crippen LogP contribution in [0.2, 0.25) is 0 Å². The van der Waals surface area contributed by atoms with Crippen molar-refractivity contribution in [2.75, 3.05) is 7.11 Å². The predicted molar refractivity (Wildman–Crippen MR) is 61.6 cm³/mol. The molecule has 0 fully saturated rings. The van der Waals surface area contributed by atoms with Crippen LogP contribution in [-0.2, 0) is 16.0 Å². The topological polar surface area (TPSA) is 117 Å². The molecule has 0 aliphatic rings. The van der Waals surface area contributed by atoms with Gasteiger partial charge in [-0.25, -0.2) is 4.52 Å². The van der Waals surface area contributed by atoms with Gasteiger partial charge in [0.2, 0.25) is 5.65 Å². The lowest BCUT2D eigenvalue weighted by Crippen LogP contribution is -2.22. The van der Waals surface area contributed by atoms with Gasteiger partial charge in [0.25, 0.3) is 5.56 Å². The molecule has 2 aromatic rings. The summed E-state index contributed by atoms with van der Waals surface area (Å²) < 4.78 is 5.50. The average Bonchev–Trinajstić information content (AvgIpc) is 2.38. The normalized spacial score (nSPS) is 10.4. The third kappa shape index (κ3) is 2.39. The molecule has 98 valence electrons. The minimum atomic E-state index is -0.792. The molecule has 9 nitrogen and oxygen atoms in total. The molecule has 0 spiro atoms. The monoisotopic (exact) mass is 264 g/mol. The van der Waals surface area contributed by atoms with Crippen molar-refractivity contribution in [2.24, 2.45) is 0 Å². The number of carbonyl (C=O) groups excluding carboxylic acids is 1. The highest BCUT2D eigenvalue weighted by Crippen LogP contribution is 2.14. The Balaban J connectivity index is 2.62. The first-order valence-electron chi connectivity index (χ1n) is 5.12. The van der Waals surface area contributed by atoms with Gasteiger partial charge in [0, 0.05) is 12.3 Å². The molecule has 0 aromatic carbocycles. The first-order chi connectivity index (χ1) is 9.02. The molecule has 0 unspecified atom stereocenters. The summed E-state index contributed by atoms with van der Waals surface area (Å²) in [4.78, 5) is 36.4. The first-order valence-corrected chi connectivity index (χ1v) is 5.12. The lowest BCUT2D eigenvalue weighted by Gasteiger charge is -2.02. The minimum absolute atomic E-state index is 0.134. The van der Waals surface area contributed by atoms with Gasteiger partial charge in [-0.3, -0.25) is 19.7 Å². The van der Waals surface area contributed by atoms with E-state index in [0.717, 1.165) is 4.52 Å². The fourth-order valence-corrected chi connectivity index (χ4v) is 1.46. The Morgan fingerprint density at radius 1 is 1.58 bits per heavy atom. The highest BCUT2D eigenvalue weighted by Gasteiger charge is 2.17. The van der Waals surface area contributed by atoms with E-state index >= 15 is 0 Å². The van der Waals surface area contributed by atoms with Crippen LogP contribution in [0.4, 0.5) is 5.69 Å². The molecule has 2 heterocycles. The molecular weight excluding hydrogens is 256 g/mol. The maximum Gasteiger partial charge on any atom is 0.313 e.